The normalized spacial score (nSPS) is 14.8. The molecule has 392 valence electrons. The van der Waals surface area contributed by atoms with Crippen molar-refractivity contribution in [2.24, 2.45) is 0 Å². The van der Waals surface area contributed by atoms with Crippen LogP contribution >= 0.6 is 0 Å². The Bertz CT molecular complexity index is 3130. The summed E-state index contributed by atoms with van der Waals surface area (Å²) in [5.41, 5.74) is 2.69. The van der Waals surface area contributed by atoms with Crippen LogP contribution < -0.4 is 56.8 Å². The van der Waals surface area contributed by atoms with Gasteiger partial charge in [0.05, 0.1) is 5.56 Å². The van der Waals surface area contributed by atoms with Crippen molar-refractivity contribution in [3.63, 3.8) is 0 Å². The molecule has 1 fully saturated rings. The quantitative estimate of drug-likeness (QED) is 0.0571. The van der Waals surface area contributed by atoms with Crippen LogP contribution in [0, 0.1) is 0 Å². The molecule has 1 spiro atoms. The first kappa shape index (κ1) is 53.1. The van der Waals surface area contributed by atoms with E-state index in [0.29, 0.717) is 80.1 Å². The lowest BCUT2D eigenvalue weighted by Gasteiger charge is -2.21. The maximum absolute atomic E-state index is 12.2. The van der Waals surface area contributed by atoms with E-state index < -0.39 is 41.2 Å². The number of carbonyl (C=O) groups excluding carboxylic acids is 4. The molecule has 6 aromatic rings. The molecule has 3 heterocycles. The van der Waals surface area contributed by atoms with Gasteiger partial charge in [-0.05, 0) is 116 Å². The Labute approximate surface area is 439 Å². The van der Waals surface area contributed by atoms with Gasteiger partial charge in [-0.25, -0.2) is 19.2 Å². The Balaban J connectivity index is 0.000000152. The first-order chi connectivity index (χ1) is 36.3. The SMILES string of the molecule is C=C(C)C(=O)Oc1ccc(OC(=O)COc2ccc3c(c2)OC(C)(C)O3)cc1.C=Cc1ccc(C(=O)Oc2ccc3c(c2)OC2(CCCC2)O3)cc1.C=Cc1ccc(OC(=O)COc2ccc3c(c2)OC(C)(C)O3)cc1. The van der Waals surface area contributed by atoms with Crippen LogP contribution in [0.5, 0.6) is 69.0 Å². The summed E-state index contributed by atoms with van der Waals surface area (Å²) in [6, 6.07) is 35.7. The molecule has 0 unspecified atom stereocenters. The van der Waals surface area contributed by atoms with E-state index in [2.05, 4.69) is 19.7 Å². The molecule has 0 saturated heterocycles. The predicted octanol–water partition coefficient (Wildman–Crippen LogP) is 12.1. The largest absolute Gasteiger partial charge is 0.482 e. The standard InChI is InChI=1S/C21H20O7.C20H18O4.C19H18O5/c1-13(2)20(23)26-15-7-5-14(6-8-15)25-19(22)12-24-16-9-10-17-18(11-16)28-21(3,4)27-17;1-2-14-5-7-15(8-6-14)19(21)22-16-9-10-17-18(13-16)24-20(23-17)11-3-4-12-20;1-4-13-5-7-14(8-6-13)22-18(20)12-21-15-9-10-16-17(11-15)24-19(2,3)23-16/h5-11H,1,12H2,2-4H3;2,5-10,13H,1,3-4,11-12H2;4-11H,1,12H2,2-3H3. The second-order valence-corrected chi connectivity index (χ2v) is 18.5. The van der Waals surface area contributed by atoms with E-state index in [0.717, 1.165) is 36.8 Å². The van der Waals surface area contributed by atoms with Crippen LogP contribution in [0.2, 0.25) is 0 Å². The fourth-order valence-corrected chi connectivity index (χ4v) is 7.81. The Hall–Kier alpha value is -9.18. The van der Waals surface area contributed by atoms with Crippen molar-refractivity contribution in [3.8, 4) is 69.0 Å². The van der Waals surface area contributed by atoms with E-state index >= 15 is 0 Å². The number of carbonyl (C=O) groups is 4. The first-order valence-corrected chi connectivity index (χ1v) is 24.2. The van der Waals surface area contributed by atoms with Crippen molar-refractivity contribution in [1.29, 1.82) is 0 Å². The lowest BCUT2D eigenvalue weighted by molar-refractivity contribution is -0.137. The first-order valence-electron chi connectivity index (χ1n) is 24.2. The van der Waals surface area contributed by atoms with E-state index in [-0.39, 0.29) is 13.2 Å². The highest BCUT2D eigenvalue weighted by molar-refractivity contribution is 5.91. The third-order valence-corrected chi connectivity index (χ3v) is 11.4. The molecule has 6 aromatic carbocycles. The molecule has 0 bridgehead atoms. The van der Waals surface area contributed by atoms with Crippen LogP contribution in [0.3, 0.4) is 0 Å². The molecule has 3 aliphatic heterocycles. The molecule has 0 atom stereocenters. The average Bonchev–Trinajstić information content (AvgIpc) is 4.18. The molecule has 0 amide bonds. The molecule has 1 saturated carbocycles. The highest BCUT2D eigenvalue weighted by Gasteiger charge is 2.44. The average molecular weight is 1030 g/mol. The van der Waals surface area contributed by atoms with Crippen LogP contribution in [0.4, 0.5) is 0 Å². The van der Waals surface area contributed by atoms with E-state index in [1.54, 1.807) is 112 Å². The fraction of sp³-hybridized carbons (Fsp3) is 0.233. The van der Waals surface area contributed by atoms with Crippen molar-refractivity contribution in [1.82, 2.24) is 0 Å². The van der Waals surface area contributed by atoms with E-state index in [1.807, 2.05) is 38.1 Å². The van der Waals surface area contributed by atoms with Crippen LogP contribution in [-0.4, -0.2) is 54.5 Å². The van der Waals surface area contributed by atoms with Crippen molar-refractivity contribution < 1.29 is 76.0 Å². The summed E-state index contributed by atoms with van der Waals surface area (Å²) in [6.45, 7) is 19.2. The van der Waals surface area contributed by atoms with E-state index in [4.69, 9.17) is 56.8 Å². The van der Waals surface area contributed by atoms with Crippen LogP contribution in [-0.2, 0) is 14.4 Å². The highest BCUT2D eigenvalue weighted by Crippen LogP contribution is 2.48. The lowest BCUT2D eigenvalue weighted by Crippen LogP contribution is -2.34. The summed E-state index contributed by atoms with van der Waals surface area (Å²) < 4.78 is 66.2. The van der Waals surface area contributed by atoms with Crippen molar-refractivity contribution >= 4 is 36.0 Å². The summed E-state index contributed by atoms with van der Waals surface area (Å²) in [5, 5.41) is 0. The van der Waals surface area contributed by atoms with Crippen molar-refractivity contribution in [2.75, 3.05) is 13.2 Å². The summed E-state index contributed by atoms with van der Waals surface area (Å²) in [6.07, 6.45) is 7.45. The monoisotopic (exact) mass is 1030 g/mol. The summed E-state index contributed by atoms with van der Waals surface area (Å²) >= 11 is 0. The molecule has 16 heteroatoms. The van der Waals surface area contributed by atoms with Gasteiger partial charge in [-0.1, -0.05) is 56.2 Å². The van der Waals surface area contributed by atoms with Gasteiger partial charge in [0.25, 0.3) is 5.79 Å². The van der Waals surface area contributed by atoms with E-state index in [9.17, 15) is 19.2 Å². The van der Waals surface area contributed by atoms with Gasteiger partial charge in [-0.3, -0.25) is 0 Å². The van der Waals surface area contributed by atoms with Gasteiger partial charge in [0.1, 0.15) is 34.5 Å². The zero-order chi connectivity index (χ0) is 54.0. The maximum Gasteiger partial charge on any atom is 0.349 e. The summed E-state index contributed by atoms with van der Waals surface area (Å²) in [5.74, 6) is 2.34. The number of fused-ring (bicyclic) bond motifs is 3. The summed E-state index contributed by atoms with van der Waals surface area (Å²) in [7, 11) is 0. The number of benzene rings is 6. The minimum absolute atomic E-state index is 0.202. The third kappa shape index (κ3) is 14.1. The molecule has 0 radical (unpaired) electrons. The lowest BCUT2D eigenvalue weighted by atomic mass is 10.1. The number of esters is 4. The van der Waals surface area contributed by atoms with Crippen LogP contribution in [0.15, 0.2) is 153 Å². The number of rotatable bonds is 14. The van der Waals surface area contributed by atoms with Gasteiger partial charge in [0, 0.05) is 64.3 Å². The minimum atomic E-state index is -0.731. The Morgan fingerprint density at radius 2 is 0.842 bits per heavy atom. The molecule has 16 nitrogen and oxygen atoms in total. The van der Waals surface area contributed by atoms with E-state index in [1.165, 1.54) is 24.3 Å². The minimum Gasteiger partial charge on any atom is -0.482 e. The van der Waals surface area contributed by atoms with Gasteiger partial charge < -0.3 is 56.8 Å². The topological polar surface area (TPSA) is 179 Å². The third-order valence-electron chi connectivity index (χ3n) is 11.4. The van der Waals surface area contributed by atoms with Gasteiger partial charge in [0.15, 0.2) is 47.7 Å². The molecule has 1 aliphatic carbocycles. The second kappa shape index (κ2) is 22.9. The molecule has 4 aliphatic rings. The molecule has 76 heavy (non-hydrogen) atoms. The van der Waals surface area contributed by atoms with Gasteiger partial charge in [-0.2, -0.15) is 0 Å². The second-order valence-electron chi connectivity index (χ2n) is 18.5. The number of ether oxygens (including phenoxy) is 12. The van der Waals surface area contributed by atoms with Crippen molar-refractivity contribution in [3.05, 3.63) is 169 Å². The Kier molecular flexibility index (Phi) is 16.0. The fourth-order valence-electron chi connectivity index (χ4n) is 7.81. The van der Waals surface area contributed by atoms with Crippen LogP contribution in [0.25, 0.3) is 12.2 Å². The molecular formula is C60H56O16. The Morgan fingerprint density at radius 3 is 1.32 bits per heavy atom. The molecule has 10 rings (SSSR count). The molecule has 0 aromatic heterocycles. The predicted molar refractivity (Wildman–Crippen MR) is 280 cm³/mol. The number of hydrogen-bond donors (Lipinski definition) is 0. The van der Waals surface area contributed by atoms with Gasteiger partial charge >= 0.3 is 23.9 Å². The summed E-state index contributed by atoms with van der Waals surface area (Å²) in [4.78, 5) is 47.5. The number of hydrogen-bond acceptors (Lipinski definition) is 16. The van der Waals surface area contributed by atoms with Gasteiger partial charge in [0.2, 0.25) is 11.6 Å². The smallest absolute Gasteiger partial charge is 0.349 e. The van der Waals surface area contributed by atoms with Crippen molar-refractivity contribution in [2.45, 2.75) is 77.7 Å². The highest BCUT2D eigenvalue weighted by atomic mass is 16.7. The van der Waals surface area contributed by atoms with Crippen LogP contribution in [0.1, 0.15) is 81.8 Å². The molecule has 0 N–H and O–H groups in total. The van der Waals surface area contributed by atoms with Gasteiger partial charge in [-0.15, -0.1) is 0 Å². The Morgan fingerprint density at radius 1 is 0.474 bits per heavy atom. The maximum atomic E-state index is 12.2. The zero-order valence-corrected chi connectivity index (χ0v) is 42.7. The zero-order valence-electron chi connectivity index (χ0n) is 42.7. The molecular weight excluding hydrogens is 977 g/mol.